The van der Waals surface area contributed by atoms with E-state index in [9.17, 15) is 23.1 Å². The average molecular weight is 283 g/mol. The van der Waals surface area contributed by atoms with Gasteiger partial charge in [0.1, 0.15) is 0 Å². The van der Waals surface area contributed by atoms with Crippen molar-refractivity contribution in [1.29, 1.82) is 0 Å². The molecule has 7 heteroatoms. The summed E-state index contributed by atoms with van der Waals surface area (Å²) in [5.41, 5.74) is -0.858. The van der Waals surface area contributed by atoms with E-state index >= 15 is 0 Å². The third kappa shape index (κ3) is 3.61. The van der Waals surface area contributed by atoms with Gasteiger partial charge in [-0.2, -0.15) is 13.2 Å². The maximum absolute atomic E-state index is 12.6. The van der Waals surface area contributed by atoms with Crippen LogP contribution in [-0.2, 0) is 22.1 Å². The molecule has 1 atom stereocenters. The van der Waals surface area contributed by atoms with E-state index in [4.69, 9.17) is 11.6 Å². The Hall–Kier alpha value is -1.27. The molecular weight excluding hydrogens is 273 g/mol. The SMILES string of the molecule is COC(=O)[C@H](O)Cc1ccc(Cl)c(C(F)(F)F)c1. The summed E-state index contributed by atoms with van der Waals surface area (Å²) in [5, 5.41) is 8.91. The number of alkyl halides is 3. The van der Waals surface area contributed by atoms with Gasteiger partial charge in [0.05, 0.1) is 17.7 Å². The maximum atomic E-state index is 12.6. The molecule has 0 saturated heterocycles. The molecular formula is C11H10ClF3O3. The monoisotopic (exact) mass is 282 g/mol. The Kier molecular flexibility index (Phi) is 4.59. The number of benzene rings is 1. The highest BCUT2D eigenvalue weighted by Gasteiger charge is 2.33. The first-order valence-corrected chi connectivity index (χ1v) is 5.25. The molecule has 0 saturated carbocycles. The molecule has 100 valence electrons. The predicted octanol–water partition coefficient (Wildman–Crippen LogP) is 2.44. The number of hydrogen-bond acceptors (Lipinski definition) is 3. The van der Waals surface area contributed by atoms with E-state index in [1.165, 1.54) is 6.07 Å². The van der Waals surface area contributed by atoms with Crippen LogP contribution in [0.2, 0.25) is 5.02 Å². The van der Waals surface area contributed by atoms with Crippen molar-refractivity contribution in [2.75, 3.05) is 7.11 Å². The third-order valence-electron chi connectivity index (χ3n) is 2.24. The van der Waals surface area contributed by atoms with Gasteiger partial charge in [-0.3, -0.25) is 0 Å². The summed E-state index contributed by atoms with van der Waals surface area (Å²) in [6.45, 7) is 0. The Labute approximate surface area is 106 Å². The van der Waals surface area contributed by atoms with Crippen molar-refractivity contribution in [3.05, 3.63) is 34.3 Å². The molecule has 1 rings (SSSR count). The minimum Gasteiger partial charge on any atom is -0.467 e. The van der Waals surface area contributed by atoms with E-state index in [2.05, 4.69) is 4.74 Å². The van der Waals surface area contributed by atoms with Crippen LogP contribution in [0.15, 0.2) is 18.2 Å². The largest absolute Gasteiger partial charge is 0.467 e. The van der Waals surface area contributed by atoms with Gasteiger partial charge in [-0.15, -0.1) is 0 Å². The highest BCUT2D eigenvalue weighted by Crippen LogP contribution is 2.35. The zero-order chi connectivity index (χ0) is 13.9. The summed E-state index contributed by atoms with van der Waals surface area (Å²) >= 11 is 5.43. The van der Waals surface area contributed by atoms with Gasteiger partial charge in [0.15, 0.2) is 6.10 Å². The number of esters is 1. The molecule has 18 heavy (non-hydrogen) atoms. The molecule has 0 unspecified atom stereocenters. The zero-order valence-corrected chi connectivity index (χ0v) is 10.0. The van der Waals surface area contributed by atoms with Crippen LogP contribution in [0.4, 0.5) is 13.2 Å². The summed E-state index contributed by atoms with van der Waals surface area (Å²) in [4.78, 5) is 10.9. The number of aliphatic hydroxyl groups is 1. The van der Waals surface area contributed by atoms with Crippen molar-refractivity contribution in [1.82, 2.24) is 0 Å². The van der Waals surface area contributed by atoms with E-state index in [-0.39, 0.29) is 12.0 Å². The fourth-order valence-corrected chi connectivity index (χ4v) is 1.58. The van der Waals surface area contributed by atoms with Gasteiger partial charge < -0.3 is 9.84 Å². The van der Waals surface area contributed by atoms with Crippen LogP contribution < -0.4 is 0 Å². The smallest absolute Gasteiger partial charge is 0.417 e. The molecule has 0 heterocycles. The van der Waals surface area contributed by atoms with E-state index in [0.29, 0.717) is 0 Å². The number of ether oxygens (including phenoxy) is 1. The molecule has 1 N–H and O–H groups in total. The Morgan fingerprint density at radius 1 is 1.50 bits per heavy atom. The molecule has 0 aliphatic rings. The van der Waals surface area contributed by atoms with Crippen LogP contribution in [0, 0.1) is 0 Å². The number of carbonyl (C=O) groups excluding carboxylic acids is 1. The first-order chi connectivity index (χ1) is 8.25. The lowest BCUT2D eigenvalue weighted by Crippen LogP contribution is -2.24. The quantitative estimate of drug-likeness (QED) is 0.866. The molecule has 0 fully saturated rings. The van der Waals surface area contributed by atoms with E-state index < -0.39 is 28.8 Å². The van der Waals surface area contributed by atoms with Crippen molar-refractivity contribution < 1.29 is 27.8 Å². The first-order valence-electron chi connectivity index (χ1n) is 4.87. The molecule has 0 bridgehead atoms. The molecule has 1 aromatic carbocycles. The zero-order valence-electron chi connectivity index (χ0n) is 9.29. The summed E-state index contributed by atoms with van der Waals surface area (Å²) in [6, 6.07) is 3.18. The molecule has 0 aliphatic carbocycles. The molecule has 0 radical (unpaired) electrons. The molecule has 0 spiro atoms. The van der Waals surface area contributed by atoms with Crippen molar-refractivity contribution in [3.8, 4) is 0 Å². The van der Waals surface area contributed by atoms with E-state index in [0.717, 1.165) is 19.2 Å². The maximum Gasteiger partial charge on any atom is 0.417 e. The van der Waals surface area contributed by atoms with Gasteiger partial charge in [-0.1, -0.05) is 17.7 Å². The van der Waals surface area contributed by atoms with Crippen molar-refractivity contribution in [3.63, 3.8) is 0 Å². The van der Waals surface area contributed by atoms with Crippen molar-refractivity contribution >= 4 is 17.6 Å². The normalized spacial score (nSPS) is 13.2. The van der Waals surface area contributed by atoms with Crippen LogP contribution in [-0.4, -0.2) is 24.3 Å². The molecule has 3 nitrogen and oxygen atoms in total. The van der Waals surface area contributed by atoms with Gasteiger partial charge in [-0.25, -0.2) is 4.79 Å². The van der Waals surface area contributed by atoms with Gasteiger partial charge in [0.25, 0.3) is 0 Å². The Bertz CT molecular complexity index is 446. The third-order valence-corrected chi connectivity index (χ3v) is 2.57. The van der Waals surface area contributed by atoms with E-state index in [1.54, 1.807) is 0 Å². The average Bonchev–Trinajstić information content (AvgIpc) is 2.29. The van der Waals surface area contributed by atoms with Crippen LogP contribution in [0.3, 0.4) is 0 Å². The second-order valence-electron chi connectivity index (χ2n) is 3.56. The molecule has 1 aromatic rings. The number of rotatable bonds is 3. The summed E-state index contributed by atoms with van der Waals surface area (Å²) < 4.78 is 41.9. The first kappa shape index (κ1) is 14.8. The van der Waals surface area contributed by atoms with Crippen LogP contribution in [0.1, 0.15) is 11.1 Å². The highest BCUT2D eigenvalue weighted by molar-refractivity contribution is 6.31. The lowest BCUT2D eigenvalue weighted by Gasteiger charge is -2.12. The topological polar surface area (TPSA) is 46.5 Å². The summed E-state index contributed by atoms with van der Waals surface area (Å²) in [5.74, 6) is -0.904. The number of halogens is 4. The van der Waals surface area contributed by atoms with Crippen LogP contribution in [0.25, 0.3) is 0 Å². The Morgan fingerprint density at radius 2 is 2.11 bits per heavy atom. The van der Waals surface area contributed by atoms with Gasteiger partial charge in [-0.05, 0) is 17.7 Å². The predicted molar refractivity (Wildman–Crippen MR) is 58.2 cm³/mol. The van der Waals surface area contributed by atoms with Crippen LogP contribution >= 0.6 is 11.6 Å². The molecule has 0 amide bonds. The van der Waals surface area contributed by atoms with Crippen molar-refractivity contribution in [2.45, 2.75) is 18.7 Å². The van der Waals surface area contributed by atoms with Gasteiger partial charge in [0.2, 0.25) is 0 Å². The summed E-state index contributed by atoms with van der Waals surface area (Å²) in [6.07, 6.45) is -6.35. The van der Waals surface area contributed by atoms with E-state index in [1.807, 2.05) is 0 Å². The van der Waals surface area contributed by atoms with Crippen LogP contribution in [0.5, 0.6) is 0 Å². The van der Waals surface area contributed by atoms with Gasteiger partial charge in [0, 0.05) is 6.42 Å². The summed E-state index contributed by atoms with van der Waals surface area (Å²) in [7, 11) is 1.08. The number of methoxy groups -OCH3 is 1. The molecule has 0 aliphatic heterocycles. The molecule has 0 aromatic heterocycles. The lowest BCUT2D eigenvalue weighted by molar-refractivity contribution is -0.150. The highest BCUT2D eigenvalue weighted by atomic mass is 35.5. The fraction of sp³-hybridized carbons (Fsp3) is 0.364. The fourth-order valence-electron chi connectivity index (χ4n) is 1.36. The minimum absolute atomic E-state index is 0.143. The van der Waals surface area contributed by atoms with Crippen molar-refractivity contribution in [2.24, 2.45) is 0 Å². The standard InChI is InChI=1S/C11H10ClF3O3/c1-18-10(17)9(16)5-6-2-3-8(12)7(4-6)11(13,14)15/h2-4,9,16H,5H2,1H3/t9-/m1/s1. The Morgan fingerprint density at radius 3 is 2.61 bits per heavy atom. The second kappa shape index (κ2) is 5.58. The number of hydrogen-bond donors (Lipinski definition) is 1. The second-order valence-corrected chi connectivity index (χ2v) is 3.96. The Balaban J connectivity index is 2.96. The number of carbonyl (C=O) groups is 1. The lowest BCUT2D eigenvalue weighted by atomic mass is 10.0. The minimum atomic E-state index is -4.58. The van der Waals surface area contributed by atoms with Gasteiger partial charge >= 0.3 is 12.1 Å². The number of aliphatic hydroxyl groups excluding tert-OH is 1.